The molecular weight excluding hydrogens is 219 g/mol. The topological polar surface area (TPSA) is 77.2 Å². The highest BCUT2D eigenvalue weighted by atomic mass is 19.4. The monoisotopic (exact) mass is 225 g/mol. The third-order valence-electron chi connectivity index (χ3n) is 1.41. The van der Waals surface area contributed by atoms with Crippen LogP contribution in [0.25, 0.3) is 0 Å². The summed E-state index contributed by atoms with van der Waals surface area (Å²) in [6, 6.07) is 0. The van der Waals surface area contributed by atoms with Crippen molar-refractivity contribution < 1.29 is 27.8 Å². The summed E-state index contributed by atoms with van der Waals surface area (Å²) < 4.78 is 38.9. The van der Waals surface area contributed by atoms with Gasteiger partial charge in [-0.05, 0) is 0 Å². The zero-order valence-corrected chi connectivity index (χ0v) is 7.23. The van der Waals surface area contributed by atoms with Gasteiger partial charge >= 0.3 is 12.3 Å². The van der Waals surface area contributed by atoms with Gasteiger partial charge in [0, 0.05) is 0 Å². The first-order valence-corrected chi connectivity index (χ1v) is 3.72. The van der Waals surface area contributed by atoms with Gasteiger partial charge in [-0.1, -0.05) is 5.21 Å². The van der Waals surface area contributed by atoms with E-state index in [1.807, 2.05) is 0 Å². The number of alkyl halides is 3. The van der Waals surface area contributed by atoms with Gasteiger partial charge in [-0.15, -0.1) is 18.3 Å². The Kier molecular flexibility index (Phi) is 3.24. The van der Waals surface area contributed by atoms with Gasteiger partial charge in [-0.3, -0.25) is 4.74 Å². The molecule has 0 aromatic carbocycles. The SMILES string of the molecule is O=C(O)c1cnnn1CCOC(F)(F)F. The van der Waals surface area contributed by atoms with Crippen molar-refractivity contribution in [3.8, 4) is 0 Å². The minimum Gasteiger partial charge on any atom is -0.476 e. The van der Waals surface area contributed by atoms with Crippen molar-refractivity contribution in [3.05, 3.63) is 11.9 Å². The molecule has 1 aromatic heterocycles. The van der Waals surface area contributed by atoms with E-state index in [-0.39, 0.29) is 12.2 Å². The molecule has 84 valence electrons. The number of aromatic carboxylic acids is 1. The van der Waals surface area contributed by atoms with Crippen LogP contribution < -0.4 is 0 Å². The van der Waals surface area contributed by atoms with Crippen LogP contribution in [0.15, 0.2) is 6.20 Å². The van der Waals surface area contributed by atoms with Crippen LogP contribution >= 0.6 is 0 Å². The Balaban J connectivity index is 2.51. The summed E-state index contributed by atoms with van der Waals surface area (Å²) in [6.45, 7) is -1.05. The molecule has 0 aliphatic carbocycles. The van der Waals surface area contributed by atoms with E-state index in [1.165, 1.54) is 0 Å². The Morgan fingerprint density at radius 3 is 2.80 bits per heavy atom. The molecule has 0 unspecified atom stereocenters. The van der Waals surface area contributed by atoms with E-state index in [9.17, 15) is 18.0 Å². The summed E-state index contributed by atoms with van der Waals surface area (Å²) in [4.78, 5) is 10.5. The second-order valence-electron chi connectivity index (χ2n) is 2.44. The molecule has 9 heteroatoms. The summed E-state index contributed by atoms with van der Waals surface area (Å²) in [6.07, 6.45) is -3.79. The summed E-state index contributed by atoms with van der Waals surface area (Å²) in [5.41, 5.74) is -0.291. The molecule has 0 radical (unpaired) electrons. The number of halogens is 3. The normalized spacial score (nSPS) is 11.7. The van der Waals surface area contributed by atoms with Gasteiger partial charge in [0.2, 0.25) is 0 Å². The van der Waals surface area contributed by atoms with Crippen LogP contribution in [0.1, 0.15) is 10.5 Å². The van der Waals surface area contributed by atoms with Crippen LogP contribution in [-0.2, 0) is 11.3 Å². The number of carboxylic acid groups (broad SMARTS) is 1. The fraction of sp³-hybridized carbons (Fsp3) is 0.500. The van der Waals surface area contributed by atoms with E-state index in [0.717, 1.165) is 10.9 Å². The van der Waals surface area contributed by atoms with Crippen LogP contribution in [0.4, 0.5) is 13.2 Å². The van der Waals surface area contributed by atoms with Crippen LogP contribution in [0.2, 0.25) is 0 Å². The second-order valence-corrected chi connectivity index (χ2v) is 2.44. The van der Waals surface area contributed by atoms with Crippen LogP contribution in [0.5, 0.6) is 0 Å². The number of rotatable bonds is 4. The van der Waals surface area contributed by atoms with E-state index < -0.39 is 18.9 Å². The maximum Gasteiger partial charge on any atom is 0.522 e. The number of aromatic nitrogens is 3. The van der Waals surface area contributed by atoms with Gasteiger partial charge in [0.05, 0.1) is 19.3 Å². The van der Waals surface area contributed by atoms with Crippen LogP contribution in [0.3, 0.4) is 0 Å². The third-order valence-corrected chi connectivity index (χ3v) is 1.41. The Bertz CT molecular complexity index is 349. The molecule has 1 aromatic rings. The number of carboxylic acids is 1. The summed E-state index contributed by atoms with van der Waals surface area (Å²) in [5.74, 6) is -1.31. The molecule has 1 heterocycles. The van der Waals surface area contributed by atoms with Crippen molar-refractivity contribution in [2.24, 2.45) is 0 Å². The molecule has 0 saturated heterocycles. The lowest BCUT2D eigenvalue weighted by atomic mass is 10.5. The molecule has 1 N–H and O–H groups in total. The highest BCUT2D eigenvalue weighted by Crippen LogP contribution is 2.15. The zero-order valence-electron chi connectivity index (χ0n) is 7.23. The molecular formula is C6H6F3N3O3. The number of carbonyl (C=O) groups is 1. The number of nitrogens with zero attached hydrogens (tertiary/aromatic N) is 3. The highest BCUT2D eigenvalue weighted by Gasteiger charge is 2.28. The molecule has 0 amide bonds. The third kappa shape index (κ3) is 3.54. The molecule has 0 aliphatic heterocycles. The maximum absolute atomic E-state index is 11.6. The molecule has 0 fully saturated rings. The molecule has 15 heavy (non-hydrogen) atoms. The first kappa shape index (κ1) is 11.4. The predicted octanol–water partition coefficient (Wildman–Crippen LogP) is 0.513. The summed E-state index contributed by atoms with van der Waals surface area (Å²) in [5, 5.41) is 15.1. The molecule has 0 aliphatic rings. The van der Waals surface area contributed by atoms with Crippen molar-refractivity contribution in [3.63, 3.8) is 0 Å². The second kappa shape index (κ2) is 4.26. The van der Waals surface area contributed by atoms with Gasteiger partial charge in [0.25, 0.3) is 0 Å². The first-order chi connectivity index (χ1) is 6.90. The van der Waals surface area contributed by atoms with Crippen molar-refractivity contribution in [2.45, 2.75) is 12.9 Å². The zero-order chi connectivity index (χ0) is 11.5. The van der Waals surface area contributed by atoms with E-state index in [2.05, 4.69) is 15.0 Å². The van der Waals surface area contributed by atoms with Gasteiger partial charge < -0.3 is 5.11 Å². The summed E-state index contributed by atoms with van der Waals surface area (Å²) >= 11 is 0. The Labute approximate surface area is 81.3 Å². The number of hydrogen-bond acceptors (Lipinski definition) is 4. The van der Waals surface area contributed by atoms with Crippen molar-refractivity contribution >= 4 is 5.97 Å². The Morgan fingerprint density at radius 2 is 2.27 bits per heavy atom. The van der Waals surface area contributed by atoms with Crippen molar-refractivity contribution in [1.82, 2.24) is 15.0 Å². The van der Waals surface area contributed by atoms with Gasteiger partial charge in [0.15, 0.2) is 5.69 Å². The first-order valence-electron chi connectivity index (χ1n) is 3.72. The lowest BCUT2D eigenvalue weighted by Crippen LogP contribution is -2.19. The summed E-state index contributed by atoms with van der Waals surface area (Å²) in [7, 11) is 0. The van der Waals surface area contributed by atoms with Crippen molar-refractivity contribution in [2.75, 3.05) is 6.61 Å². The fourth-order valence-corrected chi connectivity index (χ4v) is 0.836. The fourth-order valence-electron chi connectivity index (χ4n) is 0.836. The standard InChI is InChI=1S/C6H6F3N3O3/c7-6(8,9)15-2-1-12-4(5(13)14)3-10-11-12/h3H,1-2H2,(H,13,14). The minimum atomic E-state index is -4.73. The molecule has 6 nitrogen and oxygen atoms in total. The van der Waals surface area contributed by atoms with Crippen molar-refractivity contribution in [1.29, 1.82) is 0 Å². The smallest absolute Gasteiger partial charge is 0.476 e. The number of ether oxygens (including phenoxy) is 1. The molecule has 0 atom stereocenters. The van der Waals surface area contributed by atoms with Gasteiger partial charge in [0.1, 0.15) is 0 Å². The Hall–Kier alpha value is -1.64. The quantitative estimate of drug-likeness (QED) is 0.807. The Morgan fingerprint density at radius 1 is 1.60 bits per heavy atom. The predicted molar refractivity (Wildman–Crippen MR) is 39.0 cm³/mol. The molecule has 1 rings (SSSR count). The maximum atomic E-state index is 11.6. The lowest BCUT2D eigenvalue weighted by molar-refractivity contribution is -0.325. The van der Waals surface area contributed by atoms with Gasteiger partial charge in [-0.2, -0.15) is 0 Å². The van der Waals surface area contributed by atoms with E-state index in [1.54, 1.807) is 0 Å². The van der Waals surface area contributed by atoms with E-state index in [0.29, 0.717) is 0 Å². The average molecular weight is 225 g/mol. The van der Waals surface area contributed by atoms with Crippen LogP contribution in [-0.4, -0.2) is 39.0 Å². The molecule has 0 bridgehead atoms. The average Bonchev–Trinajstić information content (AvgIpc) is 2.49. The number of hydrogen-bond donors (Lipinski definition) is 1. The largest absolute Gasteiger partial charge is 0.522 e. The molecule has 0 saturated carbocycles. The highest BCUT2D eigenvalue weighted by molar-refractivity contribution is 5.85. The van der Waals surface area contributed by atoms with E-state index in [4.69, 9.17) is 5.11 Å². The minimum absolute atomic E-state index is 0.291. The van der Waals surface area contributed by atoms with Gasteiger partial charge in [-0.25, -0.2) is 9.48 Å². The van der Waals surface area contributed by atoms with E-state index >= 15 is 0 Å². The van der Waals surface area contributed by atoms with Crippen LogP contribution in [0, 0.1) is 0 Å². The lowest BCUT2D eigenvalue weighted by Gasteiger charge is -2.07. The molecule has 0 spiro atoms.